The Morgan fingerprint density at radius 3 is 1.47 bits per heavy atom. The molecule has 0 heterocycles. The van der Waals surface area contributed by atoms with E-state index < -0.39 is 9.04 Å². The highest BCUT2D eigenvalue weighted by Crippen LogP contribution is 1.92. The van der Waals surface area contributed by atoms with Gasteiger partial charge in [0, 0.05) is 0 Å². The second-order valence-electron chi connectivity index (χ2n) is 3.27. The minimum atomic E-state index is -1.04. The van der Waals surface area contributed by atoms with Crippen LogP contribution in [0.3, 0.4) is 0 Å². The standard InChI is InChI=1S/C13H13OSi/c1-14-15(12-8-4-2-5-9-12)13-10-6-3-7-11-13/h2-11H,1H3/q-1. The summed E-state index contributed by atoms with van der Waals surface area (Å²) in [5.41, 5.74) is 0. The van der Waals surface area contributed by atoms with Crippen molar-refractivity contribution in [3.63, 3.8) is 0 Å². The summed E-state index contributed by atoms with van der Waals surface area (Å²) >= 11 is 0. The zero-order valence-electron chi connectivity index (χ0n) is 8.68. The minimum Gasteiger partial charge on any atom is -0.561 e. The average molecular weight is 213 g/mol. The predicted molar refractivity (Wildman–Crippen MR) is 64.9 cm³/mol. The molecule has 0 saturated heterocycles. The Bertz CT molecular complexity index is 360. The fourth-order valence-electron chi connectivity index (χ4n) is 1.58. The molecule has 0 unspecified atom stereocenters. The van der Waals surface area contributed by atoms with Crippen LogP contribution in [0.15, 0.2) is 60.7 Å². The van der Waals surface area contributed by atoms with Gasteiger partial charge in [-0.3, -0.25) is 0 Å². The maximum atomic E-state index is 5.62. The highest BCUT2D eigenvalue weighted by atomic mass is 28.3. The van der Waals surface area contributed by atoms with Crippen molar-refractivity contribution >= 4 is 19.4 Å². The second kappa shape index (κ2) is 4.91. The largest absolute Gasteiger partial charge is 0.561 e. The smallest absolute Gasteiger partial charge is 0.00636 e. The number of hydrogen-bond donors (Lipinski definition) is 0. The van der Waals surface area contributed by atoms with Gasteiger partial charge in [-0.05, 0) is 7.11 Å². The highest BCUT2D eigenvalue weighted by molar-refractivity contribution is 6.79. The average Bonchev–Trinajstić information content (AvgIpc) is 2.33. The molecule has 0 radical (unpaired) electrons. The van der Waals surface area contributed by atoms with E-state index in [1.165, 1.54) is 10.4 Å². The first-order valence-electron chi connectivity index (χ1n) is 4.93. The van der Waals surface area contributed by atoms with Crippen molar-refractivity contribution in [2.45, 2.75) is 0 Å². The van der Waals surface area contributed by atoms with Gasteiger partial charge < -0.3 is 4.43 Å². The SMILES string of the molecule is CO[Si-](c1ccccc1)c1ccccc1. The topological polar surface area (TPSA) is 9.23 Å². The van der Waals surface area contributed by atoms with Crippen LogP contribution in [0.4, 0.5) is 0 Å². The van der Waals surface area contributed by atoms with Gasteiger partial charge in [0.2, 0.25) is 0 Å². The molecule has 15 heavy (non-hydrogen) atoms. The molecule has 0 aliphatic heterocycles. The molecule has 0 saturated carbocycles. The van der Waals surface area contributed by atoms with E-state index in [2.05, 4.69) is 48.5 Å². The monoisotopic (exact) mass is 213 g/mol. The lowest BCUT2D eigenvalue weighted by Crippen LogP contribution is -2.43. The molecule has 0 aromatic heterocycles. The van der Waals surface area contributed by atoms with Gasteiger partial charge in [0.05, 0.1) is 0 Å². The van der Waals surface area contributed by atoms with Crippen molar-refractivity contribution < 1.29 is 4.43 Å². The first kappa shape index (κ1) is 10.1. The summed E-state index contributed by atoms with van der Waals surface area (Å²) in [6.07, 6.45) is 0. The molecule has 76 valence electrons. The van der Waals surface area contributed by atoms with Crippen LogP contribution < -0.4 is 10.4 Å². The van der Waals surface area contributed by atoms with E-state index in [0.717, 1.165) is 0 Å². The third-order valence-electron chi connectivity index (χ3n) is 2.28. The molecule has 0 aliphatic carbocycles. The van der Waals surface area contributed by atoms with E-state index in [1.807, 2.05) is 12.1 Å². The summed E-state index contributed by atoms with van der Waals surface area (Å²) in [5.74, 6) is 0. The molecule has 0 fully saturated rings. The number of rotatable bonds is 3. The van der Waals surface area contributed by atoms with Gasteiger partial charge in [0.1, 0.15) is 0 Å². The normalized spacial score (nSPS) is 9.93. The maximum Gasteiger partial charge on any atom is -0.00636 e. The Labute approximate surface area is 92.1 Å². The van der Waals surface area contributed by atoms with Crippen molar-refractivity contribution in [3.05, 3.63) is 60.7 Å². The van der Waals surface area contributed by atoms with Gasteiger partial charge in [-0.1, -0.05) is 60.7 Å². The first-order chi connectivity index (χ1) is 7.42. The fraction of sp³-hybridized carbons (Fsp3) is 0.0769. The lowest BCUT2D eigenvalue weighted by atomic mass is 10.4. The van der Waals surface area contributed by atoms with Gasteiger partial charge in [0.25, 0.3) is 0 Å². The van der Waals surface area contributed by atoms with Crippen LogP contribution in [0, 0.1) is 0 Å². The molecule has 0 amide bonds. The van der Waals surface area contributed by atoms with Gasteiger partial charge in [-0.25, -0.2) is 0 Å². The predicted octanol–water partition coefficient (Wildman–Crippen LogP) is 1.44. The zero-order chi connectivity index (χ0) is 10.5. The third kappa shape index (κ3) is 2.35. The number of benzene rings is 2. The van der Waals surface area contributed by atoms with Crippen molar-refractivity contribution in [2.75, 3.05) is 7.11 Å². The molecule has 0 bridgehead atoms. The van der Waals surface area contributed by atoms with Gasteiger partial charge in [-0.2, -0.15) is 10.4 Å². The third-order valence-corrected chi connectivity index (χ3v) is 4.40. The van der Waals surface area contributed by atoms with Crippen LogP contribution in [-0.4, -0.2) is 16.2 Å². The van der Waals surface area contributed by atoms with Gasteiger partial charge in [0.15, 0.2) is 0 Å². The van der Waals surface area contributed by atoms with E-state index in [-0.39, 0.29) is 0 Å². The van der Waals surface area contributed by atoms with Crippen molar-refractivity contribution in [2.24, 2.45) is 0 Å². The second-order valence-corrected chi connectivity index (χ2v) is 5.49. The quantitative estimate of drug-likeness (QED) is 0.701. The summed E-state index contributed by atoms with van der Waals surface area (Å²) in [5, 5.41) is 2.58. The van der Waals surface area contributed by atoms with Crippen molar-refractivity contribution in [3.8, 4) is 0 Å². The van der Waals surface area contributed by atoms with Crippen LogP contribution in [0.1, 0.15) is 0 Å². The van der Waals surface area contributed by atoms with Crippen LogP contribution in [-0.2, 0) is 4.43 Å². The maximum absolute atomic E-state index is 5.62. The highest BCUT2D eigenvalue weighted by Gasteiger charge is 1.97. The van der Waals surface area contributed by atoms with Crippen LogP contribution in [0.2, 0.25) is 0 Å². The molecule has 2 aromatic rings. The molecule has 0 N–H and O–H groups in total. The molecule has 0 atom stereocenters. The lowest BCUT2D eigenvalue weighted by molar-refractivity contribution is 0.439. The summed E-state index contributed by atoms with van der Waals surface area (Å²) in [6, 6.07) is 20.8. The van der Waals surface area contributed by atoms with E-state index in [9.17, 15) is 0 Å². The van der Waals surface area contributed by atoms with Gasteiger partial charge in [-0.15, -0.1) is 9.04 Å². The van der Waals surface area contributed by atoms with Crippen molar-refractivity contribution in [1.82, 2.24) is 0 Å². The van der Waals surface area contributed by atoms with Crippen molar-refractivity contribution in [1.29, 1.82) is 0 Å². The molecular weight excluding hydrogens is 200 g/mol. The Balaban J connectivity index is 2.34. The molecule has 0 spiro atoms. The van der Waals surface area contributed by atoms with E-state index >= 15 is 0 Å². The zero-order valence-corrected chi connectivity index (χ0v) is 9.68. The summed E-state index contributed by atoms with van der Waals surface area (Å²) in [7, 11) is 0.747. The molecule has 2 rings (SSSR count). The fourth-order valence-corrected chi connectivity index (χ4v) is 3.38. The summed E-state index contributed by atoms with van der Waals surface area (Å²) in [4.78, 5) is 0. The minimum absolute atomic E-state index is 1.04. The van der Waals surface area contributed by atoms with Crippen LogP contribution in [0.25, 0.3) is 0 Å². The van der Waals surface area contributed by atoms with Crippen LogP contribution >= 0.6 is 0 Å². The summed E-state index contributed by atoms with van der Waals surface area (Å²) in [6.45, 7) is 0. The molecule has 2 aromatic carbocycles. The van der Waals surface area contributed by atoms with E-state index in [4.69, 9.17) is 4.43 Å². The van der Waals surface area contributed by atoms with E-state index in [0.29, 0.717) is 0 Å². The summed E-state index contributed by atoms with van der Waals surface area (Å²) < 4.78 is 5.62. The molecular formula is C13H13OSi-. The Kier molecular flexibility index (Phi) is 3.32. The van der Waals surface area contributed by atoms with Gasteiger partial charge >= 0.3 is 0 Å². The first-order valence-corrected chi connectivity index (χ1v) is 6.34. The Morgan fingerprint density at radius 2 is 1.13 bits per heavy atom. The molecule has 1 nitrogen and oxygen atoms in total. The molecule has 0 aliphatic rings. The Morgan fingerprint density at radius 1 is 0.733 bits per heavy atom. The molecule has 2 heteroatoms. The Hall–Kier alpha value is -1.38. The lowest BCUT2D eigenvalue weighted by Gasteiger charge is -2.30. The van der Waals surface area contributed by atoms with E-state index in [1.54, 1.807) is 7.11 Å². The van der Waals surface area contributed by atoms with Crippen LogP contribution in [0.5, 0.6) is 0 Å². The number of hydrogen-bond acceptors (Lipinski definition) is 1.